The third-order valence-electron chi connectivity index (χ3n) is 1.13. The first-order valence-corrected chi connectivity index (χ1v) is 3.35. The van der Waals surface area contributed by atoms with Crippen LogP contribution in [0.4, 0.5) is 0 Å². The summed E-state index contributed by atoms with van der Waals surface area (Å²) in [4.78, 5) is 10.6. The number of amides is 1. The van der Waals surface area contributed by atoms with E-state index in [2.05, 4.69) is 5.32 Å². The van der Waals surface area contributed by atoms with E-state index in [1.165, 1.54) is 0 Å². The summed E-state index contributed by atoms with van der Waals surface area (Å²) in [7, 11) is 0. The highest BCUT2D eigenvalue weighted by Crippen LogP contribution is 1.77. The fraction of sp³-hybridized carbons (Fsp3) is 0.833. The summed E-state index contributed by atoms with van der Waals surface area (Å²) >= 11 is 0. The molecule has 0 spiro atoms. The molecule has 1 atom stereocenters. The van der Waals surface area contributed by atoms with E-state index in [0.29, 0.717) is 6.42 Å². The minimum absolute atomic E-state index is 0.0625. The maximum Gasteiger partial charge on any atom is 0.219 e. The van der Waals surface area contributed by atoms with Crippen LogP contribution in [0.3, 0.4) is 0 Å². The van der Waals surface area contributed by atoms with Gasteiger partial charge in [0.15, 0.2) is 0 Å². The second-order valence-electron chi connectivity index (χ2n) is 2.05. The number of rotatable bonds is 4. The zero-order valence-corrected chi connectivity index (χ0v) is 6.13. The lowest BCUT2D eigenvalue weighted by molar-refractivity contribution is -0.121. The molecule has 0 aromatic heterocycles. The Balaban J connectivity index is 3.26. The minimum atomic E-state index is -0.615. The van der Waals surface area contributed by atoms with Crippen LogP contribution in [0.25, 0.3) is 0 Å². The number of carbonyl (C=O) groups is 1. The molecule has 1 amide bonds. The lowest BCUT2D eigenvalue weighted by Gasteiger charge is -2.07. The van der Waals surface area contributed by atoms with Gasteiger partial charge in [0.2, 0.25) is 5.91 Å². The Morgan fingerprint density at radius 2 is 2.40 bits per heavy atom. The lowest BCUT2D eigenvalue weighted by Crippen LogP contribution is -2.35. The van der Waals surface area contributed by atoms with Crippen molar-refractivity contribution in [2.75, 3.05) is 13.1 Å². The number of carbonyl (C=O) groups excluding carboxylic acids is 1. The lowest BCUT2D eigenvalue weighted by atomic mass is 10.3. The number of nitrogens with two attached hydrogens (primary N) is 1. The molecule has 4 heteroatoms. The third kappa shape index (κ3) is 4.29. The fourth-order valence-corrected chi connectivity index (χ4v) is 0.440. The van der Waals surface area contributed by atoms with Crippen molar-refractivity contribution in [3.63, 3.8) is 0 Å². The van der Waals surface area contributed by atoms with Gasteiger partial charge in [0, 0.05) is 19.5 Å². The van der Waals surface area contributed by atoms with Gasteiger partial charge in [0.25, 0.3) is 0 Å². The molecule has 0 aliphatic carbocycles. The predicted molar refractivity (Wildman–Crippen MR) is 38.4 cm³/mol. The molecule has 0 bridgehead atoms. The molecule has 0 aliphatic heterocycles. The summed E-state index contributed by atoms with van der Waals surface area (Å²) in [6.45, 7) is 2.19. The number of aliphatic hydroxyl groups is 1. The molecular formula is C6H14N2O2. The number of nitrogens with one attached hydrogen (secondary N) is 1. The highest BCUT2D eigenvalue weighted by molar-refractivity contribution is 5.75. The van der Waals surface area contributed by atoms with E-state index in [4.69, 9.17) is 10.8 Å². The number of aliphatic hydroxyl groups excluding tert-OH is 1. The van der Waals surface area contributed by atoms with Gasteiger partial charge in [0.1, 0.15) is 0 Å². The Hall–Kier alpha value is -0.610. The minimum Gasteiger partial charge on any atom is -0.390 e. The van der Waals surface area contributed by atoms with Gasteiger partial charge < -0.3 is 16.2 Å². The van der Waals surface area contributed by atoms with E-state index in [9.17, 15) is 4.79 Å². The molecule has 0 saturated heterocycles. The average Bonchev–Trinajstić information content (AvgIpc) is 1.99. The Labute approximate surface area is 60.4 Å². The molecule has 1 unspecified atom stereocenters. The molecule has 0 aromatic rings. The fourth-order valence-electron chi connectivity index (χ4n) is 0.440. The zero-order chi connectivity index (χ0) is 7.98. The topological polar surface area (TPSA) is 75.3 Å². The van der Waals surface area contributed by atoms with Gasteiger partial charge in [-0.25, -0.2) is 0 Å². The number of hydrogen-bond donors (Lipinski definition) is 3. The van der Waals surface area contributed by atoms with E-state index in [1.54, 1.807) is 6.92 Å². The van der Waals surface area contributed by atoms with Gasteiger partial charge >= 0.3 is 0 Å². The molecule has 0 saturated carbocycles. The quantitative estimate of drug-likeness (QED) is 0.468. The number of hydrogen-bond acceptors (Lipinski definition) is 3. The average molecular weight is 146 g/mol. The summed E-state index contributed by atoms with van der Waals surface area (Å²) in [5.74, 6) is -0.0625. The van der Waals surface area contributed by atoms with Crippen LogP contribution < -0.4 is 11.1 Å². The van der Waals surface area contributed by atoms with E-state index < -0.39 is 6.10 Å². The van der Waals surface area contributed by atoms with Gasteiger partial charge in [-0.05, 0) is 0 Å². The summed E-state index contributed by atoms with van der Waals surface area (Å²) in [6.07, 6.45) is -0.174. The normalized spacial score (nSPS) is 12.7. The van der Waals surface area contributed by atoms with Crippen molar-refractivity contribution in [1.29, 1.82) is 0 Å². The van der Waals surface area contributed by atoms with Crippen LogP contribution in [0.15, 0.2) is 0 Å². The molecule has 10 heavy (non-hydrogen) atoms. The van der Waals surface area contributed by atoms with Gasteiger partial charge in [0.05, 0.1) is 6.10 Å². The summed E-state index contributed by atoms with van der Waals surface area (Å²) in [5, 5.41) is 11.4. The van der Waals surface area contributed by atoms with Gasteiger partial charge in [-0.2, -0.15) is 0 Å². The van der Waals surface area contributed by atoms with Crippen LogP contribution in [-0.2, 0) is 4.79 Å². The molecule has 60 valence electrons. The van der Waals surface area contributed by atoms with E-state index >= 15 is 0 Å². The molecule has 0 fully saturated rings. The maximum atomic E-state index is 10.6. The Morgan fingerprint density at radius 3 is 2.80 bits per heavy atom. The first-order chi connectivity index (χ1) is 4.70. The van der Waals surface area contributed by atoms with Crippen molar-refractivity contribution in [2.45, 2.75) is 19.4 Å². The predicted octanol–water partition coefficient (Wildman–Crippen LogP) is -1.17. The zero-order valence-electron chi connectivity index (χ0n) is 6.13. The van der Waals surface area contributed by atoms with Gasteiger partial charge in [-0.3, -0.25) is 4.79 Å². The highest BCUT2D eigenvalue weighted by atomic mass is 16.3. The Bertz CT molecular complexity index is 106. The molecule has 0 aromatic carbocycles. The molecule has 0 rings (SSSR count). The van der Waals surface area contributed by atoms with Crippen molar-refractivity contribution in [3.8, 4) is 0 Å². The summed E-state index contributed by atoms with van der Waals surface area (Å²) < 4.78 is 0. The van der Waals surface area contributed by atoms with Crippen molar-refractivity contribution in [3.05, 3.63) is 0 Å². The largest absolute Gasteiger partial charge is 0.390 e. The highest BCUT2D eigenvalue weighted by Gasteiger charge is 2.01. The third-order valence-corrected chi connectivity index (χ3v) is 1.13. The van der Waals surface area contributed by atoms with Crippen molar-refractivity contribution in [2.24, 2.45) is 5.73 Å². The van der Waals surface area contributed by atoms with E-state index in [-0.39, 0.29) is 19.0 Å². The molecule has 4 nitrogen and oxygen atoms in total. The van der Waals surface area contributed by atoms with E-state index in [0.717, 1.165) is 0 Å². The Morgan fingerprint density at radius 1 is 1.80 bits per heavy atom. The SMILES string of the molecule is CCC(=O)NCC(O)CN. The second kappa shape index (κ2) is 5.20. The van der Waals surface area contributed by atoms with Gasteiger partial charge in [-0.1, -0.05) is 6.92 Å². The standard InChI is InChI=1S/C6H14N2O2/c1-2-6(10)8-4-5(9)3-7/h5,9H,2-4,7H2,1H3,(H,8,10). The van der Waals surface area contributed by atoms with Crippen LogP contribution in [0.5, 0.6) is 0 Å². The molecule has 0 aliphatic rings. The van der Waals surface area contributed by atoms with Crippen molar-refractivity contribution in [1.82, 2.24) is 5.32 Å². The first-order valence-electron chi connectivity index (χ1n) is 3.35. The monoisotopic (exact) mass is 146 g/mol. The maximum absolute atomic E-state index is 10.6. The van der Waals surface area contributed by atoms with Crippen molar-refractivity contribution < 1.29 is 9.90 Å². The molecule has 0 heterocycles. The first kappa shape index (κ1) is 9.39. The van der Waals surface area contributed by atoms with Crippen LogP contribution in [0.1, 0.15) is 13.3 Å². The summed E-state index contributed by atoms with van der Waals surface area (Å²) in [5.41, 5.74) is 5.10. The summed E-state index contributed by atoms with van der Waals surface area (Å²) in [6, 6.07) is 0. The van der Waals surface area contributed by atoms with Crippen LogP contribution in [-0.4, -0.2) is 30.2 Å². The van der Waals surface area contributed by atoms with E-state index in [1.807, 2.05) is 0 Å². The van der Waals surface area contributed by atoms with Crippen LogP contribution >= 0.6 is 0 Å². The molecule has 0 radical (unpaired) electrons. The smallest absolute Gasteiger partial charge is 0.219 e. The second-order valence-corrected chi connectivity index (χ2v) is 2.05. The Kier molecular flexibility index (Phi) is 4.88. The van der Waals surface area contributed by atoms with Crippen molar-refractivity contribution >= 4 is 5.91 Å². The van der Waals surface area contributed by atoms with Crippen LogP contribution in [0.2, 0.25) is 0 Å². The van der Waals surface area contributed by atoms with Crippen LogP contribution in [0, 0.1) is 0 Å². The molecular weight excluding hydrogens is 132 g/mol. The molecule has 4 N–H and O–H groups in total. The van der Waals surface area contributed by atoms with Gasteiger partial charge in [-0.15, -0.1) is 0 Å².